The minimum Gasteiger partial charge on any atom is -0.277 e. The van der Waals surface area contributed by atoms with E-state index in [-0.39, 0.29) is 5.02 Å². The summed E-state index contributed by atoms with van der Waals surface area (Å²) in [6.07, 6.45) is 1.70. The van der Waals surface area contributed by atoms with Crippen LogP contribution in [0.3, 0.4) is 0 Å². The van der Waals surface area contributed by atoms with Crippen molar-refractivity contribution in [3.63, 3.8) is 0 Å². The van der Waals surface area contributed by atoms with Gasteiger partial charge < -0.3 is 0 Å². The summed E-state index contributed by atoms with van der Waals surface area (Å²) in [4.78, 5) is 0. The lowest BCUT2D eigenvalue weighted by atomic mass is 10.1. The topological polar surface area (TPSA) is 28.7 Å². The largest absolute Gasteiger partial charge is 0.277 e. The van der Waals surface area contributed by atoms with Crippen molar-refractivity contribution in [2.75, 3.05) is 0 Å². The van der Waals surface area contributed by atoms with Crippen LogP contribution in [0.4, 0.5) is 4.39 Å². The number of halogens is 3. The Bertz CT molecular complexity index is 470. The van der Waals surface area contributed by atoms with Crippen LogP contribution in [-0.2, 0) is 0 Å². The van der Waals surface area contributed by atoms with Crippen LogP contribution in [0.5, 0.6) is 0 Å². The molecule has 1 heterocycles. The zero-order chi connectivity index (χ0) is 10.1. The highest BCUT2D eigenvalue weighted by Gasteiger charge is 2.07. The predicted molar refractivity (Wildman–Crippen MR) is 61.7 cm³/mol. The third-order valence-electron chi connectivity index (χ3n) is 1.80. The van der Waals surface area contributed by atoms with Crippen LogP contribution >= 0.6 is 34.2 Å². The van der Waals surface area contributed by atoms with Gasteiger partial charge in [-0.3, -0.25) is 5.10 Å². The zero-order valence-electron chi connectivity index (χ0n) is 6.89. The highest BCUT2D eigenvalue weighted by atomic mass is 127. The van der Waals surface area contributed by atoms with Gasteiger partial charge in [-0.15, -0.1) is 0 Å². The molecule has 14 heavy (non-hydrogen) atoms. The molecule has 0 fully saturated rings. The fourth-order valence-corrected chi connectivity index (χ4v) is 1.88. The molecule has 0 bridgehead atoms. The first kappa shape index (κ1) is 9.92. The lowest BCUT2D eigenvalue weighted by molar-refractivity contribution is 0.628. The molecule has 0 unspecified atom stereocenters. The fraction of sp³-hybridized carbons (Fsp3) is 0. The first-order valence-electron chi connectivity index (χ1n) is 3.83. The summed E-state index contributed by atoms with van der Waals surface area (Å²) in [7, 11) is 0. The van der Waals surface area contributed by atoms with Crippen molar-refractivity contribution in [1.29, 1.82) is 0 Å². The van der Waals surface area contributed by atoms with Crippen LogP contribution in [-0.4, -0.2) is 10.2 Å². The number of rotatable bonds is 1. The highest BCUT2D eigenvalue weighted by Crippen LogP contribution is 2.26. The Labute approximate surface area is 98.6 Å². The van der Waals surface area contributed by atoms with Crippen LogP contribution in [0.1, 0.15) is 0 Å². The van der Waals surface area contributed by atoms with Gasteiger partial charge in [0, 0.05) is 5.56 Å². The van der Waals surface area contributed by atoms with Crippen LogP contribution in [0.2, 0.25) is 5.02 Å². The molecule has 0 spiro atoms. The van der Waals surface area contributed by atoms with Crippen LogP contribution in [0.25, 0.3) is 11.3 Å². The summed E-state index contributed by atoms with van der Waals surface area (Å²) in [5.74, 6) is -0.412. The number of aromatic amines is 1. The molecule has 2 nitrogen and oxygen atoms in total. The van der Waals surface area contributed by atoms with Gasteiger partial charge in [0.1, 0.15) is 5.82 Å². The molecule has 1 N–H and O–H groups in total. The number of nitrogens with one attached hydrogen (secondary N) is 1. The quantitative estimate of drug-likeness (QED) is 0.800. The van der Waals surface area contributed by atoms with Gasteiger partial charge in [-0.2, -0.15) is 5.10 Å². The van der Waals surface area contributed by atoms with Crippen LogP contribution < -0.4 is 0 Å². The van der Waals surface area contributed by atoms with E-state index in [1.807, 2.05) is 0 Å². The molecule has 0 saturated carbocycles. The Morgan fingerprint density at radius 3 is 2.79 bits per heavy atom. The Balaban J connectivity index is 2.53. The van der Waals surface area contributed by atoms with Gasteiger partial charge in [-0.05, 0) is 40.8 Å². The van der Waals surface area contributed by atoms with Crippen molar-refractivity contribution >= 4 is 34.2 Å². The van der Waals surface area contributed by atoms with Gasteiger partial charge in [-0.25, -0.2) is 4.39 Å². The first-order chi connectivity index (χ1) is 6.68. The minimum atomic E-state index is -0.412. The average Bonchev–Trinajstić information content (AvgIpc) is 2.57. The maximum atomic E-state index is 12.9. The van der Waals surface area contributed by atoms with Gasteiger partial charge in [0.25, 0.3) is 0 Å². The molecule has 0 aliphatic heterocycles. The second-order valence-electron chi connectivity index (χ2n) is 2.72. The van der Waals surface area contributed by atoms with E-state index in [0.717, 1.165) is 14.8 Å². The van der Waals surface area contributed by atoms with Crippen molar-refractivity contribution in [2.24, 2.45) is 0 Å². The van der Waals surface area contributed by atoms with E-state index in [1.165, 1.54) is 6.07 Å². The number of benzene rings is 1. The van der Waals surface area contributed by atoms with Gasteiger partial charge in [0.2, 0.25) is 0 Å². The Hall–Kier alpha value is -0.620. The molecular weight excluding hydrogens is 317 g/mol. The van der Waals surface area contributed by atoms with Gasteiger partial charge in [0.15, 0.2) is 0 Å². The summed E-state index contributed by atoms with van der Waals surface area (Å²) in [6.45, 7) is 0. The van der Waals surface area contributed by atoms with Crippen molar-refractivity contribution in [3.8, 4) is 11.3 Å². The SMILES string of the molecule is Fc1ccc(-c2[nH]ncc2I)cc1Cl. The Morgan fingerprint density at radius 1 is 1.43 bits per heavy atom. The van der Waals surface area contributed by atoms with E-state index in [9.17, 15) is 4.39 Å². The lowest BCUT2D eigenvalue weighted by Gasteiger charge is -2.00. The maximum absolute atomic E-state index is 12.9. The number of nitrogens with zero attached hydrogens (tertiary/aromatic N) is 1. The zero-order valence-corrected chi connectivity index (χ0v) is 9.80. The molecule has 0 aliphatic rings. The van der Waals surface area contributed by atoms with Crippen LogP contribution in [0.15, 0.2) is 24.4 Å². The van der Waals surface area contributed by atoms with Gasteiger partial charge in [0.05, 0.1) is 20.5 Å². The molecule has 0 aliphatic carbocycles. The predicted octanol–water partition coefficient (Wildman–Crippen LogP) is 3.47. The molecule has 0 radical (unpaired) electrons. The van der Waals surface area contributed by atoms with Gasteiger partial charge in [-0.1, -0.05) is 11.6 Å². The summed E-state index contributed by atoms with van der Waals surface area (Å²) in [5, 5.41) is 6.83. The van der Waals surface area contributed by atoms with Gasteiger partial charge >= 0.3 is 0 Å². The smallest absolute Gasteiger partial charge is 0.141 e. The van der Waals surface area contributed by atoms with Crippen molar-refractivity contribution in [1.82, 2.24) is 10.2 Å². The van der Waals surface area contributed by atoms with E-state index >= 15 is 0 Å². The molecule has 1 aromatic carbocycles. The highest BCUT2D eigenvalue weighted by molar-refractivity contribution is 14.1. The van der Waals surface area contributed by atoms with E-state index in [4.69, 9.17) is 11.6 Å². The van der Waals surface area contributed by atoms with E-state index in [1.54, 1.807) is 18.3 Å². The Kier molecular flexibility index (Phi) is 2.73. The molecule has 0 atom stereocenters. The van der Waals surface area contributed by atoms with E-state index in [2.05, 4.69) is 32.8 Å². The lowest BCUT2D eigenvalue weighted by Crippen LogP contribution is -1.83. The third kappa shape index (κ3) is 1.76. The van der Waals surface area contributed by atoms with Crippen molar-refractivity contribution in [3.05, 3.63) is 38.8 Å². The van der Waals surface area contributed by atoms with Crippen molar-refractivity contribution in [2.45, 2.75) is 0 Å². The summed E-state index contributed by atoms with van der Waals surface area (Å²) < 4.78 is 13.9. The normalized spacial score (nSPS) is 10.5. The third-order valence-corrected chi connectivity index (χ3v) is 2.91. The second-order valence-corrected chi connectivity index (χ2v) is 4.29. The first-order valence-corrected chi connectivity index (χ1v) is 5.28. The molecule has 2 aromatic rings. The minimum absolute atomic E-state index is 0.118. The molecule has 0 saturated heterocycles. The van der Waals surface area contributed by atoms with E-state index in [0.29, 0.717) is 0 Å². The molecule has 1 aromatic heterocycles. The molecule has 0 amide bonds. The summed E-state index contributed by atoms with van der Waals surface area (Å²) in [6, 6.07) is 4.58. The van der Waals surface area contributed by atoms with Crippen LogP contribution in [0, 0.1) is 9.39 Å². The molecular formula is C9H5ClFIN2. The standard InChI is InChI=1S/C9H5ClFIN2/c10-6-3-5(1-2-7(6)11)9-8(12)4-13-14-9/h1-4H,(H,13,14). The monoisotopic (exact) mass is 322 g/mol. The molecule has 5 heteroatoms. The number of H-pyrrole nitrogens is 1. The Morgan fingerprint density at radius 2 is 2.21 bits per heavy atom. The average molecular weight is 323 g/mol. The summed E-state index contributed by atoms with van der Waals surface area (Å²) >= 11 is 7.82. The van der Waals surface area contributed by atoms with E-state index < -0.39 is 5.82 Å². The maximum Gasteiger partial charge on any atom is 0.141 e. The summed E-state index contributed by atoms with van der Waals surface area (Å²) in [5.41, 5.74) is 1.69. The number of aromatic nitrogens is 2. The van der Waals surface area contributed by atoms with Crippen molar-refractivity contribution < 1.29 is 4.39 Å². The molecule has 2 rings (SSSR count). The molecule has 72 valence electrons. The number of hydrogen-bond acceptors (Lipinski definition) is 1. The number of hydrogen-bond donors (Lipinski definition) is 1. The second kappa shape index (κ2) is 3.86. The fourth-order valence-electron chi connectivity index (χ4n) is 1.13.